The molecule has 3 unspecified atom stereocenters. The van der Waals surface area contributed by atoms with Crippen LogP contribution in [0.4, 0.5) is 0 Å². The topological polar surface area (TPSA) is 124 Å². The molecule has 0 aromatic carbocycles. The number of amides is 1. The largest absolute Gasteiger partial charge is 0.387 e. The first-order valence-corrected chi connectivity index (χ1v) is 18.8. The Morgan fingerprint density at radius 2 is 1.05 bits per heavy atom. The van der Waals surface area contributed by atoms with E-state index in [1.54, 1.807) is 6.08 Å². The fourth-order valence-corrected chi connectivity index (χ4v) is 5.77. The second-order valence-corrected chi connectivity index (χ2v) is 13.4. The highest BCUT2D eigenvalue weighted by molar-refractivity contribution is 7.85. The number of aliphatic hydroxyl groups excluding tert-OH is 2. The molecule has 0 aliphatic rings. The van der Waals surface area contributed by atoms with E-state index in [0.29, 0.717) is 6.42 Å². The zero-order valence-corrected chi connectivity index (χ0v) is 27.8. The summed E-state index contributed by atoms with van der Waals surface area (Å²) in [5.74, 6) is -1.54. The van der Waals surface area contributed by atoms with E-state index in [0.717, 1.165) is 44.9 Å². The molecule has 0 saturated carbocycles. The van der Waals surface area contributed by atoms with Crippen LogP contribution in [0.1, 0.15) is 162 Å². The average molecular weight is 616 g/mol. The van der Waals surface area contributed by atoms with Crippen molar-refractivity contribution in [2.24, 2.45) is 0 Å². The molecule has 0 aliphatic heterocycles. The summed E-state index contributed by atoms with van der Waals surface area (Å²) >= 11 is 0. The highest BCUT2D eigenvalue weighted by Crippen LogP contribution is 2.13. The molecule has 1 amide bonds. The van der Waals surface area contributed by atoms with E-state index in [9.17, 15) is 28.0 Å². The maximum atomic E-state index is 12.5. The van der Waals surface area contributed by atoms with Gasteiger partial charge >= 0.3 is 0 Å². The molecular weight excluding hydrogens is 550 g/mol. The molecule has 248 valence electrons. The second kappa shape index (κ2) is 28.5. The van der Waals surface area contributed by atoms with Gasteiger partial charge in [0.05, 0.1) is 17.9 Å². The van der Waals surface area contributed by atoms with Crippen LogP contribution in [-0.2, 0) is 14.9 Å². The lowest BCUT2D eigenvalue weighted by molar-refractivity contribution is -0.130. The van der Waals surface area contributed by atoms with Crippen molar-refractivity contribution in [3.8, 4) is 0 Å². The van der Waals surface area contributed by atoms with Crippen molar-refractivity contribution in [2.45, 2.75) is 180 Å². The van der Waals surface area contributed by atoms with Crippen LogP contribution >= 0.6 is 0 Å². The summed E-state index contributed by atoms with van der Waals surface area (Å²) in [7, 11) is -4.43. The zero-order valence-electron chi connectivity index (χ0n) is 27.0. The molecule has 0 spiro atoms. The molecule has 0 aromatic rings. The van der Waals surface area contributed by atoms with Gasteiger partial charge in [-0.25, -0.2) is 0 Å². The third-order valence-corrected chi connectivity index (χ3v) is 8.51. The minimum absolute atomic E-state index is 0.274. The fraction of sp³-hybridized carbons (Fsp3) is 0.853. The van der Waals surface area contributed by atoms with E-state index in [4.69, 9.17) is 0 Å². The summed E-state index contributed by atoms with van der Waals surface area (Å²) < 4.78 is 32.2. The molecule has 0 rings (SSSR count). The van der Waals surface area contributed by atoms with Gasteiger partial charge in [-0.3, -0.25) is 9.35 Å². The van der Waals surface area contributed by atoms with Crippen molar-refractivity contribution < 1.29 is 28.0 Å². The molecule has 0 fully saturated rings. The normalized spacial score (nSPS) is 14.5. The Labute approximate surface area is 258 Å². The van der Waals surface area contributed by atoms with Gasteiger partial charge in [-0.1, -0.05) is 141 Å². The number of carbonyl (C=O) groups excluding carboxylic acids is 1. The van der Waals surface area contributed by atoms with Crippen LogP contribution in [0.2, 0.25) is 0 Å². The van der Waals surface area contributed by atoms with Crippen molar-refractivity contribution in [2.75, 3.05) is 5.75 Å². The first-order valence-electron chi connectivity index (χ1n) is 17.1. The number of hydrogen-bond donors (Lipinski definition) is 4. The van der Waals surface area contributed by atoms with Gasteiger partial charge in [0.2, 0.25) is 5.91 Å². The summed E-state index contributed by atoms with van der Waals surface area (Å²) in [6.45, 7) is 4.43. The van der Waals surface area contributed by atoms with Crippen molar-refractivity contribution in [1.29, 1.82) is 0 Å². The molecule has 4 N–H and O–H groups in total. The van der Waals surface area contributed by atoms with E-state index in [-0.39, 0.29) is 6.42 Å². The molecular formula is C34H65NO6S. The maximum Gasteiger partial charge on any atom is 0.267 e. The Kier molecular flexibility index (Phi) is 27.7. The summed E-state index contributed by atoms with van der Waals surface area (Å²) in [4.78, 5) is 12.5. The molecule has 0 aliphatic carbocycles. The van der Waals surface area contributed by atoms with E-state index in [1.165, 1.54) is 96.0 Å². The van der Waals surface area contributed by atoms with E-state index in [2.05, 4.69) is 31.3 Å². The fourth-order valence-electron chi connectivity index (χ4n) is 5.04. The van der Waals surface area contributed by atoms with Gasteiger partial charge in [0.15, 0.2) is 0 Å². The lowest BCUT2D eigenvalue weighted by Crippen LogP contribution is -2.50. The number of nitrogens with one attached hydrogen (secondary N) is 1. The highest BCUT2D eigenvalue weighted by Gasteiger charge is 2.27. The molecule has 0 heterocycles. The maximum absolute atomic E-state index is 12.5. The monoisotopic (exact) mass is 615 g/mol. The lowest BCUT2D eigenvalue weighted by Gasteiger charge is -2.22. The van der Waals surface area contributed by atoms with Gasteiger partial charge in [-0.2, -0.15) is 8.42 Å². The molecule has 8 heteroatoms. The van der Waals surface area contributed by atoms with E-state index < -0.39 is 40.0 Å². The highest BCUT2D eigenvalue weighted by atomic mass is 32.2. The molecule has 0 bridgehead atoms. The smallest absolute Gasteiger partial charge is 0.267 e. The Hall–Kier alpha value is -1.22. The minimum Gasteiger partial charge on any atom is -0.387 e. The van der Waals surface area contributed by atoms with Crippen molar-refractivity contribution in [3.05, 3.63) is 24.3 Å². The van der Waals surface area contributed by atoms with Crippen molar-refractivity contribution >= 4 is 16.0 Å². The Bertz CT molecular complexity index is 783. The third kappa shape index (κ3) is 27.6. The second-order valence-electron chi connectivity index (χ2n) is 11.9. The number of aliphatic hydroxyl groups is 2. The molecule has 0 radical (unpaired) electrons. The van der Waals surface area contributed by atoms with Gasteiger partial charge in [-0.05, 0) is 44.9 Å². The standard InChI is InChI=1S/C34H65NO6S/c1-3-5-7-9-11-13-14-15-16-17-18-19-21-23-25-27-29-33(37)34(38)35-31(30-42(39,40)41)32(36)28-26-24-22-20-12-10-8-6-4-2/h15-16,26,28,31-33,36-37H,3-14,17-25,27,29-30H2,1-2H3,(H,35,38)(H,39,40,41)/b16-15-,28-26+. The van der Waals surface area contributed by atoms with Crippen LogP contribution in [0.5, 0.6) is 0 Å². The van der Waals surface area contributed by atoms with Crippen LogP contribution in [0.3, 0.4) is 0 Å². The predicted molar refractivity (Wildman–Crippen MR) is 176 cm³/mol. The lowest BCUT2D eigenvalue weighted by atomic mass is 10.0. The first-order chi connectivity index (χ1) is 20.2. The number of unbranched alkanes of at least 4 members (excludes halogenated alkanes) is 19. The molecule has 3 atom stereocenters. The molecule has 42 heavy (non-hydrogen) atoms. The van der Waals surface area contributed by atoms with Crippen LogP contribution in [0.25, 0.3) is 0 Å². The Morgan fingerprint density at radius 3 is 1.50 bits per heavy atom. The Balaban J connectivity index is 4.12. The van der Waals surface area contributed by atoms with E-state index >= 15 is 0 Å². The molecule has 7 nitrogen and oxygen atoms in total. The van der Waals surface area contributed by atoms with Crippen molar-refractivity contribution in [3.63, 3.8) is 0 Å². The van der Waals surface area contributed by atoms with Gasteiger partial charge < -0.3 is 15.5 Å². The van der Waals surface area contributed by atoms with Crippen molar-refractivity contribution in [1.82, 2.24) is 5.32 Å². The predicted octanol–water partition coefficient (Wildman–Crippen LogP) is 8.21. The first kappa shape index (κ1) is 40.8. The summed E-state index contributed by atoms with van der Waals surface area (Å²) in [6.07, 6.45) is 31.0. The van der Waals surface area contributed by atoms with Crippen LogP contribution in [0, 0.1) is 0 Å². The van der Waals surface area contributed by atoms with E-state index in [1.807, 2.05) is 0 Å². The van der Waals surface area contributed by atoms with Gasteiger partial charge in [-0.15, -0.1) is 0 Å². The van der Waals surface area contributed by atoms with Gasteiger partial charge in [0.25, 0.3) is 10.1 Å². The Morgan fingerprint density at radius 1 is 0.643 bits per heavy atom. The molecule has 0 saturated heterocycles. The zero-order chi connectivity index (χ0) is 31.3. The SMILES string of the molecule is CCCCCCCC/C=C\CCCCCCCCC(O)C(=O)NC(CS(=O)(=O)O)C(O)/C=C/CCCCCCCCC. The van der Waals surface area contributed by atoms with Crippen LogP contribution in [-0.4, -0.2) is 53.1 Å². The molecule has 0 aromatic heterocycles. The summed E-state index contributed by atoms with van der Waals surface area (Å²) in [5, 5.41) is 23.2. The van der Waals surface area contributed by atoms with Crippen LogP contribution in [0.15, 0.2) is 24.3 Å². The third-order valence-electron chi connectivity index (χ3n) is 7.73. The summed E-state index contributed by atoms with van der Waals surface area (Å²) in [5.41, 5.74) is 0. The quantitative estimate of drug-likeness (QED) is 0.0367. The number of rotatable bonds is 30. The average Bonchev–Trinajstić information content (AvgIpc) is 2.94. The number of allylic oxidation sites excluding steroid dienone is 3. The number of carbonyl (C=O) groups is 1. The number of hydrogen-bond acceptors (Lipinski definition) is 5. The van der Waals surface area contributed by atoms with Gasteiger partial charge in [0, 0.05) is 0 Å². The van der Waals surface area contributed by atoms with Gasteiger partial charge in [0.1, 0.15) is 6.10 Å². The van der Waals surface area contributed by atoms with Crippen LogP contribution < -0.4 is 5.32 Å². The summed E-state index contributed by atoms with van der Waals surface area (Å²) in [6, 6.07) is -1.23. The minimum atomic E-state index is -4.43.